The number of morpholine rings is 1. The monoisotopic (exact) mass is 268 g/mol. The molecule has 1 fully saturated rings. The normalized spacial score (nSPS) is 20.7. The van der Waals surface area contributed by atoms with E-state index in [0.717, 1.165) is 19.7 Å². The van der Waals surface area contributed by atoms with Gasteiger partial charge < -0.3 is 9.47 Å². The average Bonchev–Trinajstić information content (AvgIpc) is 2.86. The highest BCUT2D eigenvalue weighted by Gasteiger charge is 2.23. The summed E-state index contributed by atoms with van der Waals surface area (Å²) in [5.41, 5.74) is 0.221. The molecule has 0 N–H and O–H groups in total. The lowest BCUT2D eigenvalue weighted by atomic mass is 10.2. The van der Waals surface area contributed by atoms with Gasteiger partial charge in [-0.3, -0.25) is 4.90 Å². The van der Waals surface area contributed by atoms with Gasteiger partial charge in [-0.15, -0.1) is 5.10 Å². The van der Waals surface area contributed by atoms with Crippen LogP contribution in [0.2, 0.25) is 0 Å². The minimum Gasteiger partial charge on any atom is -0.464 e. The van der Waals surface area contributed by atoms with Gasteiger partial charge in [-0.05, 0) is 13.8 Å². The standard InChI is InChI=1S/C12H20N4O3/c1-9(2)15-4-5-19-10(6-15)7-16-8-11(13-14-16)12(17)18-3/h8-10H,4-7H2,1-3H3. The number of nitrogens with zero attached hydrogens (tertiary/aromatic N) is 4. The third kappa shape index (κ3) is 3.51. The van der Waals surface area contributed by atoms with E-state index in [9.17, 15) is 4.79 Å². The smallest absolute Gasteiger partial charge is 0.360 e. The van der Waals surface area contributed by atoms with E-state index in [1.165, 1.54) is 7.11 Å². The zero-order valence-electron chi connectivity index (χ0n) is 11.6. The summed E-state index contributed by atoms with van der Waals surface area (Å²) in [5, 5.41) is 7.69. The van der Waals surface area contributed by atoms with Crippen LogP contribution >= 0.6 is 0 Å². The second-order valence-electron chi connectivity index (χ2n) is 4.90. The molecule has 0 bridgehead atoms. The topological polar surface area (TPSA) is 69.5 Å². The molecule has 1 aromatic heterocycles. The number of carbonyl (C=O) groups is 1. The molecule has 1 unspecified atom stereocenters. The Balaban J connectivity index is 1.93. The van der Waals surface area contributed by atoms with Gasteiger partial charge in [0.05, 0.1) is 32.6 Å². The van der Waals surface area contributed by atoms with Crippen molar-refractivity contribution in [3.05, 3.63) is 11.9 Å². The molecule has 1 aromatic rings. The number of methoxy groups -OCH3 is 1. The highest BCUT2D eigenvalue weighted by Crippen LogP contribution is 2.10. The van der Waals surface area contributed by atoms with Crippen LogP contribution in [0, 0.1) is 0 Å². The lowest BCUT2D eigenvalue weighted by molar-refractivity contribution is -0.0471. The number of hydrogen-bond donors (Lipinski definition) is 0. The average molecular weight is 268 g/mol. The highest BCUT2D eigenvalue weighted by atomic mass is 16.5. The van der Waals surface area contributed by atoms with Crippen molar-refractivity contribution in [1.82, 2.24) is 19.9 Å². The van der Waals surface area contributed by atoms with E-state index in [0.29, 0.717) is 12.6 Å². The Morgan fingerprint density at radius 2 is 2.42 bits per heavy atom. The maximum absolute atomic E-state index is 11.3. The van der Waals surface area contributed by atoms with Crippen LogP contribution < -0.4 is 0 Å². The SMILES string of the molecule is COC(=O)c1cn(CC2CN(C(C)C)CCO2)nn1. The van der Waals surface area contributed by atoms with Crippen molar-refractivity contribution in [3.63, 3.8) is 0 Å². The summed E-state index contributed by atoms with van der Waals surface area (Å²) in [7, 11) is 1.33. The number of rotatable bonds is 4. The van der Waals surface area contributed by atoms with E-state index in [2.05, 4.69) is 33.8 Å². The van der Waals surface area contributed by atoms with Gasteiger partial charge in [0.1, 0.15) is 0 Å². The van der Waals surface area contributed by atoms with Crippen molar-refractivity contribution < 1.29 is 14.3 Å². The van der Waals surface area contributed by atoms with Gasteiger partial charge in [-0.25, -0.2) is 9.48 Å². The third-order valence-corrected chi connectivity index (χ3v) is 3.22. The van der Waals surface area contributed by atoms with Gasteiger partial charge >= 0.3 is 5.97 Å². The van der Waals surface area contributed by atoms with Crippen molar-refractivity contribution in [2.45, 2.75) is 32.5 Å². The maximum Gasteiger partial charge on any atom is 0.360 e. The van der Waals surface area contributed by atoms with E-state index in [4.69, 9.17) is 4.74 Å². The molecule has 0 radical (unpaired) electrons. The van der Waals surface area contributed by atoms with Crippen LogP contribution in [0.25, 0.3) is 0 Å². The van der Waals surface area contributed by atoms with E-state index < -0.39 is 5.97 Å². The Kier molecular flexibility index (Phi) is 4.49. The molecule has 1 aliphatic heterocycles. The van der Waals surface area contributed by atoms with E-state index in [1.54, 1.807) is 10.9 Å². The van der Waals surface area contributed by atoms with Crippen molar-refractivity contribution in [2.24, 2.45) is 0 Å². The van der Waals surface area contributed by atoms with E-state index >= 15 is 0 Å². The first kappa shape index (κ1) is 14.0. The Morgan fingerprint density at radius 3 is 3.11 bits per heavy atom. The molecule has 1 aliphatic rings. The quantitative estimate of drug-likeness (QED) is 0.725. The number of esters is 1. The molecule has 106 valence electrons. The Bertz CT molecular complexity index is 432. The molecule has 2 heterocycles. The van der Waals surface area contributed by atoms with Crippen molar-refractivity contribution in [3.8, 4) is 0 Å². The summed E-state index contributed by atoms with van der Waals surface area (Å²) in [4.78, 5) is 13.7. The molecular formula is C12H20N4O3. The van der Waals surface area contributed by atoms with Crippen molar-refractivity contribution >= 4 is 5.97 Å². The lowest BCUT2D eigenvalue weighted by Gasteiger charge is -2.35. The summed E-state index contributed by atoms with van der Waals surface area (Å²) in [6, 6.07) is 0.507. The molecule has 0 spiro atoms. The van der Waals surface area contributed by atoms with Crippen LogP contribution in [0.3, 0.4) is 0 Å². The third-order valence-electron chi connectivity index (χ3n) is 3.22. The number of aromatic nitrogens is 3. The summed E-state index contributed by atoms with van der Waals surface area (Å²) in [6.07, 6.45) is 1.66. The predicted molar refractivity (Wildman–Crippen MR) is 67.8 cm³/mol. The van der Waals surface area contributed by atoms with Crippen molar-refractivity contribution in [1.29, 1.82) is 0 Å². The first-order chi connectivity index (χ1) is 9.10. The lowest BCUT2D eigenvalue weighted by Crippen LogP contribution is -2.47. The second-order valence-corrected chi connectivity index (χ2v) is 4.90. The molecule has 19 heavy (non-hydrogen) atoms. The maximum atomic E-state index is 11.3. The van der Waals surface area contributed by atoms with E-state index in [-0.39, 0.29) is 11.8 Å². The number of ether oxygens (including phenoxy) is 2. The molecule has 0 saturated carbocycles. The fraction of sp³-hybridized carbons (Fsp3) is 0.750. The van der Waals surface area contributed by atoms with Crippen LogP contribution in [0.15, 0.2) is 6.20 Å². The molecule has 0 aliphatic carbocycles. The molecule has 0 amide bonds. The molecule has 0 aromatic carbocycles. The summed E-state index contributed by atoms with van der Waals surface area (Å²) < 4.78 is 11.9. The molecule has 1 atom stereocenters. The zero-order chi connectivity index (χ0) is 13.8. The Hall–Kier alpha value is -1.47. The fourth-order valence-electron chi connectivity index (χ4n) is 2.12. The van der Waals surface area contributed by atoms with Crippen LogP contribution in [0.4, 0.5) is 0 Å². The predicted octanol–water partition coefficient (Wildman–Crippen LogP) is 0.174. The van der Waals surface area contributed by atoms with Gasteiger partial charge in [0, 0.05) is 19.1 Å². The molecule has 2 rings (SSSR count). The Morgan fingerprint density at radius 1 is 1.63 bits per heavy atom. The largest absolute Gasteiger partial charge is 0.464 e. The van der Waals surface area contributed by atoms with E-state index in [1.807, 2.05) is 0 Å². The van der Waals surface area contributed by atoms with Crippen LogP contribution in [-0.2, 0) is 16.0 Å². The molecule has 7 heteroatoms. The first-order valence-corrected chi connectivity index (χ1v) is 6.44. The van der Waals surface area contributed by atoms with Gasteiger partial charge in [0.25, 0.3) is 0 Å². The molecular weight excluding hydrogens is 248 g/mol. The van der Waals surface area contributed by atoms with Gasteiger partial charge in [0.2, 0.25) is 0 Å². The Labute approximate surface area is 112 Å². The zero-order valence-corrected chi connectivity index (χ0v) is 11.6. The summed E-state index contributed by atoms with van der Waals surface area (Å²) in [5.74, 6) is -0.473. The summed E-state index contributed by atoms with van der Waals surface area (Å²) in [6.45, 7) is 7.49. The second kappa shape index (κ2) is 6.12. The molecule has 7 nitrogen and oxygen atoms in total. The fourth-order valence-corrected chi connectivity index (χ4v) is 2.12. The highest BCUT2D eigenvalue weighted by molar-refractivity contribution is 5.86. The minimum absolute atomic E-state index is 0.0725. The minimum atomic E-state index is -0.473. The van der Waals surface area contributed by atoms with Gasteiger partial charge in [-0.1, -0.05) is 5.21 Å². The van der Waals surface area contributed by atoms with Crippen LogP contribution in [-0.4, -0.2) is 64.8 Å². The van der Waals surface area contributed by atoms with Gasteiger partial charge in [-0.2, -0.15) is 0 Å². The summed E-state index contributed by atoms with van der Waals surface area (Å²) >= 11 is 0. The molecule has 1 saturated heterocycles. The van der Waals surface area contributed by atoms with Gasteiger partial charge in [0.15, 0.2) is 5.69 Å². The van der Waals surface area contributed by atoms with Crippen LogP contribution in [0.1, 0.15) is 24.3 Å². The van der Waals surface area contributed by atoms with Crippen molar-refractivity contribution in [2.75, 3.05) is 26.8 Å². The number of carbonyl (C=O) groups excluding carboxylic acids is 1. The first-order valence-electron chi connectivity index (χ1n) is 6.44. The van der Waals surface area contributed by atoms with Crippen LogP contribution in [0.5, 0.6) is 0 Å². The number of hydrogen-bond acceptors (Lipinski definition) is 6.